The summed E-state index contributed by atoms with van der Waals surface area (Å²) in [6.45, 7) is 4.46. The van der Waals surface area contributed by atoms with Crippen LogP contribution in [-0.2, 0) is 65.4 Å². The van der Waals surface area contributed by atoms with E-state index in [1.54, 1.807) is 0 Å². The Morgan fingerprint density at radius 2 is 0.510 bits per heavy atom. The SMILES string of the molecule is CC/C=C\C/C=C\C/C=C\C/C=C\C/C=C\CCCC(=O)OCC(COP(=O)(O)OCC(O)COP(=O)(O)OCC(COC(=O)CCCCCC/C=C\C/C=C\C/C=C\C/C=C\CC)OC(=O)CCCCCCC/C=C\C/C=C\CCCCC)OC(=O)CCCCCCC/C=C\C/C=C\CCCCC. The summed E-state index contributed by atoms with van der Waals surface area (Å²) in [5, 5.41) is 10.6. The van der Waals surface area contributed by atoms with Gasteiger partial charge < -0.3 is 33.8 Å². The minimum atomic E-state index is -5.00. The predicted octanol–water partition coefficient (Wildman–Crippen LogP) is 23.2. The van der Waals surface area contributed by atoms with E-state index < -0.39 is 97.5 Å². The molecule has 17 nitrogen and oxygen atoms in total. The van der Waals surface area contributed by atoms with Crippen LogP contribution in [0.1, 0.15) is 297 Å². The lowest BCUT2D eigenvalue weighted by molar-refractivity contribution is -0.161. The van der Waals surface area contributed by atoms with Gasteiger partial charge in [-0.05, 0) is 167 Å². The molecule has 0 saturated carbocycles. The molecule has 0 aromatic heterocycles. The molecule has 0 aliphatic carbocycles. The van der Waals surface area contributed by atoms with E-state index in [1.807, 2.05) is 12.2 Å². The maximum absolute atomic E-state index is 13.1. The molecule has 5 atom stereocenters. The number of unbranched alkanes of at least 4 members (excludes halogenated alkanes) is 21. The molecular formula is C85H140O17P2. The molecule has 0 spiro atoms. The minimum absolute atomic E-state index is 0.0612. The third-order valence-corrected chi connectivity index (χ3v) is 17.9. The maximum Gasteiger partial charge on any atom is 0.472 e. The van der Waals surface area contributed by atoms with E-state index in [0.29, 0.717) is 32.1 Å². The molecule has 0 aromatic rings. The van der Waals surface area contributed by atoms with Gasteiger partial charge in [0, 0.05) is 25.7 Å². The lowest BCUT2D eigenvalue weighted by Gasteiger charge is -2.21. The maximum atomic E-state index is 13.1. The normalized spacial score (nSPS) is 14.7. The average molecular weight is 1500 g/mol. The zero-order valence-corrected chi connectivity index (χ0v) is 66.4. The highest BCUT2D eigenvalue weighted by Gasteiger charge is 2.30. The summed E-state index contributed by atoms with van der Waals surface area (Å²) in [6.07, 6.45) is 88.0. The largest absolute Gasteiger partial charge is 0.472 e. The van der Waals surface area contributed by atoms with Crippen molar-refractivity contribution >= 4 is 39.5 Å². The minimum Gasteiger partial charge on any atom is -0.462 e. The molecule has 0 aliphatic heterocycles. The number of aliphatic hydroxyl groups excluding tert-OH is 1. The van der Waals surface area contributed by atoms with E-state index in [2.05, 4.69) is 174 Å². The van der Waals surface area contributed by atoms with Crippen molar-refractivity contribution in [3.05, 3.63) is 158 Å². The van der Waals surface area contributed by atoms with E-state index in [4.69, 9.17) is 37.0 Å². The highest BCUT2D eigenvalue weighted by atomic mass is 31.2. The van der Waals surface area contributed by atoms with E-state index in [-0.39, 0.29) is 25.7 Å². The monoisotopic (exact) mass is 1490 g/mol. The number of rotatable bonds is 73. The van der Waals surface area contributed by atoms with Crippen molar-refractivity contribution in [2.45, 2.75) is 316 Å². The number of hydrogen-bond donors (Lipinski definition) is 3. The summed E-state index contributed by atoms with van der Waals surface area (Å²) in [5.74, 6) is -2.31. The Balaban J connectivity index is 5.47. The fraction of sp³-hybridized carbons (Fsp3) is 0.647. The first-order valence-corrected chi connectivity index (χ1v) is 42.7. The Labute approximate surface area is 629 Å². The zero-order chi connectivity index (χ0) is 76.0. The molecule has 0 heterocycles. The Hall–Kier alpha value is -5.32. The summed E-state index contributed by atoms with van der Waals surface area (Å²) in [7, 11) is -10.00. The molecule has 592 valence electrons. The van der Waals surface area contributed by atoms with Crippen LogP contribution in [0, 0.1) is 0 Å². The van der Waals surface area contributed by atoms with E-state index in [0.717, 1.165) is 173 Å². The van der Waals surface area contributed by atoms with Crippen molar-refractivity contribution < 1.29 is 80.2 Å². The van der Waals surface area contributed by atoms with Gasteiger partial charge in [-0.15, -0.1) is 0 Å². The molecule has 19 heteroatoms. The highest BCUT2D eigenvalue weighted by molar-refractivity contribution is 7.47. The lowest BCUT2D eigenvalue weighted by Crippen LogP contribution is -2.30. The third kappa shape index (κ3) is 74.9. The van der Waals surface area contributed by atoms with Gasteiger partial charge in [0.25, 0.3) is 0 Å². The zero-order valence-electron chi connectivity index (χ0n) is 64.6. The van der Waals surface area contributed by atoms with Crippen LogP contribution in [0.2, 0.25) is 0 Å². The number of carbonyl (C=O) groups excluding carboxylic acids is 4. The Bertz CT molecular complexity index is 2590. The van der Waals surface area contributed by atoms with Crippen molar-refractivity contribution in [1.29, 1.82) is 0 Å². The second kappa shape index (κ2) is 75.9. The quantitative estimate of drug-likeness (QED) is 0.0169. The number of hydrogen-bond acceptors (Lipinski definition) is 15. The summed E-state index contributed by atoms with van der Waals surface area (Å²) >= 11 is 0. The Morgan fingerprint density at radius 1 is 0.279 bits per heavy atom. The molecule has 0 aromatic carbocycles. The fourth-order valence-corrected chi connectivity index (χ4v) is 11.5. The van der Waals surface area contributed by atoms with Gasteiger partial charge in [-0.1, -0.05) is 263 Å². The Kier molecular flexibility index (Phi) is 72.0. The van der Waals surface area contributed by atoms with Gasteiger partial charge >= 0.3 is 39.5 Å². The number of phosphoric acid groups is 2. The number of aliphatic hydroxyl groups is 1. The van der Waals surface area contributed by atoms with E-state index in [1.165, 1.54) is 38.5 Å². The summed E-state index contributed by atoms with van der Waals surface area (Å²) in [4.78, 5) is 73.0. The second-order valence-corrected chi connectivity index (χ2v) is 28.8. The van der Waals surface area contributed by atoms with Gasteiger partial charge in [0.2, 0.25) is 0 Å². The molecule has 0 saturated heterocycles. The number of esters is 4. The van der Waals surface area contributed by atoms with Gasteiger partial charge in [-0.3, -0.25) is 37.3 Å². The number of allylic oxidation sites excluding steroid dienone is 26. The van der Waals surface area contributed by atoms with Gasteiger partial charge in [-0.2, -0.15) is 0 Å². The average Bonchev–Trinajstić information content (AvgIpc) is 0.937. The molecule has 0 radical (unpaired) electrons. The molecule has 0 amide bonds. The first-order chi connectivity index (χ1) is 50.7. The third-order valence-electron chi connectivity index (χ3n) is 16.0. The Morgan fingerprint density at radius 3 is 0.808 bits per heavy atom. The van der Waals surface area contributed by atoms with Crippen LogP contribution in [-0.4, -0.2) is 96.7 Å². The van der Waals surface area contributed by atoms with Gasteiger partial charge in [0.15, 0.2) is 12.2 Å². The van der Waals surface area contributed by atoms with Crippen LogP contribution in [0.5, 0.6) is 0 Å². The molecule has 104 heavy (non-hydrogen) atoms. The molecule has 0 rings (SSSR count). The first kappa shape index (κ1) is 98.7. The van der Waals surface area contributed by atoms with Crippen LogP contribution in [0.15, 0.2) is 158 Å². The predicted molar refractivity (Wildman–Crippen MR) is 427 cm³/mol. The summed E-state index contributed by atoms with van der Waals surface area (Å²) < 4.78 is 68.5. The molecule has 0 bridgehead atoms. The number of carbonyl (C=O) groups is 4. The van der Waals surface area contributed by atoms with Gasteiger partial charge in [0.05, 0.1) is 26.4 Å². The van der Waals surface area contributed by atoms with Gasteiger partial charge in [0.1, 0.15) is 19.3 Å². The van der Waals surface area contributed by atoms with Crippen LogP contribution in [0.25, 0.3) is 0 Å². The van der Waals surface area contributed by atoms with Crippen LogP contribution in [0.4, 0.5) is 0 Å². The molecule has 0 fully saturated rings. The fourth-order valence-electron chi connectivity index (χ4n) is 9.95. The molecule has 0 aliphatic rings. The van der Waals surface area contributed by atoms with E-state index >= 15 is 0 Å². The van der Waals surface area contributed by atoms with Crippen LogP contribution < -0.4 is 0 Å². The standard InChI is InChI=1S/C85H140O17P2/c1-5-9-13-17-21-25-29-33-37-39-43-45-49-53-57-61-65-69-82(87)95-75-80(101-84(89)71-67-63-59-55-51-47-41-35-31-27-23-19-15-11-7-3)77-99-103(91,92)97-73-79(86)74-98-104(93,94)100-78-81(102-85(90)72-68-64-60-56-52-48-42-36-32-28-24-20-16-12-8-4)76-96-83(88)70-66-62-58-54-50-46-44-40-38-34-30-26-22-18-14-10-6-2/h9-10,13-14,21-28,33-38,41-46,53,57,79-81,86H,5-8,11-12,15-20,29-32,39-40,47-52,54-56,58-78H2,1-4H3,(H,91,92)(H,93,94)/b13-9-,14-10-,25-21-,26-22-,27-23-,28-24-,37-33-,38-34-,41-35-,42-36-,45-43-,46-44-,57-53-. The number of phosphoric ester groups is 2. The first-order valence-electron chi connectivity index (χ1n) is 39.7. The number of ether oxygens (including phenoxy) is 4. The van der Waals surface area contributed by atoms with Crippen LogP contribution >= 0.6 is 15.6 Å². The van der Waals surface area contributed by atoms with Crippen molar-refractivity contribution in [3.8, 4) is 0 Å². The molecule has 5 unspecified atom stereocenters. The van der Waals surface area contributed by atoms with E-state index in [9.17, 15) is 43.2 Å². The second-order valence-electron chi connectivity index (χ2n) is 25.9. The van der Waals surface area contributed by atoms with Crippen molar-refractivity contribution in [1.82, 2.24) is 0 Å². The molecular weight excluding hydrogens is 1350 g/mol. The lowest BCUT2D eigenvalue weighted by atomic mass is 10.1. The smallest absolute Gasteiger partial charge is 0.462 e. The van der Waals surface area contributed by atoms with Crippen molar-refractivity contribution in [2.24, 2.45) is 0 Å². The van der Waals surface area contributed by atoms with Crippen molar-refractivity contribution in [2.75, 3.05) is 39.6 Å². The summed E-state index contributed by atoms with van der Waals surface area (Å²) in [6, 6.07) is 0. The molecule has 3 N–H and O–H groups in total. The van der Waals surface area contributed by atoms with Crippen LogP contribution in [0.3, 0.4) is 0 Å². The summed E-state index contributed by atoms with van der Waals surface area (Å²) in [5.41, 5.74) is 0. The van der Waals surface area contributed by atoms with Crippen molar-refractivity contribution in [3.63, 3.8) is 0 Å². The van der Waals surface area contributed by atoms with Gasteiger partial charge in [-0.25, -0.2) is 9.13 Å². The topological polar surface area (TPSA) is 237 Å². The highest BCUT2D eigenvalue weighted by Crippen LogP contribution is 2.45.